The van der Waals surface area contributed by atoms with Crippen LogP contribution < -0.4 is 10.6 Å². The van der Waals surface area contributed by atoms with Gasteiger partial charge in [0.25, 0.3) is 0 Å². The third-order valence-corrected chi connectivity index (χ3v) is 5.07. The Balaban J connectivity index is 1.67. The predicted octanol–water partition coefficient (Wildman–Crippen LogP) is 2.74. The Morgan fingerprint density at radius 3 is 2.59 bits per heavy atom. The molecule has 0 saturated carbocycles. The molecule has 1 aliphatic rings. The van der Waals surface area contributed by atoms with E-state index in [0.717, 1.165) is 62.9 Å². The van der Waals surface area contributed by atoms with E-state index < -0.39 is 0 Å². The second-order valence-corrected chi connectivity index (χ2v) is 7.45. The summed E-state index contributed by atoms with van der Waals surface area (Å²) in [5.41, 5.74) is 1.05. The third kappa shape index (κ3) is 7.14. The molecule has 1 aliphatic heterocycles. The molecule has 0 aliphatic carbocycles. The maximum absolute atomic E-state index is 5.78. The first kappa shape index (κ1) is 21.7. The fraction of sp³-hybridized carbons (Fsp3) is 0.800. The average molecular weight is 380 g/mol. The van der Waals surface area contributed by atoms with Gasteiger partial charge in [-0.2, -0.15) is 0 Å². The number of aliphatic imine (C=N–C) groups is 1. The molecule has 1 fully saturated rings. The van der Waals surface area contributed by atoms with Gasteiger partial charge >= 0.3 is 0 Å². The van der Waals surface area contributed by atoms with Crippen molar-refractivity contribution in [3.8, 4) is 0 Å². The van der Waals surface area contributed by atoms with Crippen molar-refractivity contribution in [2.45, 2.75) is 71.6 Å². The van der Waals surface area contributed by atoms with Crippen LogP contribution >= 0.6 is 0 Å². The summed E-state index contributed by atoms with van der Waals surface area (Å²) in [4.78, 5) is 6.76. The summed E-state index contributed by atoms with van der Waals surface area (Å²) in [7, 11) is 1.79. The van der Waals surface area contributed by atoms with E-state index in [1.54, 1.807) is 7.05 Å². The van der Waals surface area contributed by atoms with Crippen LogP contribution in [0.15, 0.2) is 15.6 Å². The SMILES string of the molecule is CCC(CC)c1cc(CNC(=NC)NCCCN2CC(C)OC(C)C2)on1. The van der Waals surface area contributed by atoms with E-state index in [2.05, 4.69) is 59.4 Å². The van der Waals surface area contributed by atoms with Crippen LogP contribution in [0.25, 0.3) is 0 Å². The van der Waals surface area contributed by atoms with Crippen LogP contribution in [0.5, 0.6) is 0 Å². The molecule has 1 aromatic heterocycles. The van der Waals surface area contributed by atoms with Crippen molar-refractivity contribution in [1.29, 1.82) is 0 Å². The van der Waals surface area contributed by atoms with Crippen molar-refractivity contribution in [2.75, 3.05) is 33.2 Å². The molecular weight excluding hydrogens is 342 g/mol. The number of ether oxygens (including phenoxy) is 1. The zero-order chi connectivity index (χ0) is 19.6. The van der Waals surface area contributed by atoms with E-state index in [-0.39, 0.29) is 0 Å². The smallest absolute Gasteiger partial charge is 0.191 e. The number of hydrogen-bond donors (Lipinski definition) is 2. The Bertz CT molecular complexity index is 560. The Labute approximate surface area is 163 Å². The first-order valence-corrected chi connectivity index (χ1v) is 10.3. The number of nitrogens with zero attached hydrogens (tertiary/aromatic N) is 3. The van der Waals surface area contributed by atoms with Gasteiger partial charge in [-0.15, -0.1) is 0 Å². The van der Waals surface area contributed by atoms with Gasteiger partial charge in [0.05, 0.1) is 24.4 Å². The molecule has 1 aromatic rings. The lowest BCUT2D eigenvalue weighted by atomic mass is 9.99. The first-order valence-electron chi connectivity index (χ1n) is 10.3. The second kappa shape index (κ2) is 11.3. The fourth-order valence-electron chi connectivity index (χ4n) is 3.68. The topological polar surface area (TPSA) is 74.9 Å². The molecule has 27 heavy (non-hydrogen) atoms. The molecule has 0 aromatic carbocycles. The molecule has 154 valence electrons. The van der Waals surface area contributed by atoms with Gasteiger partial charge in [0.15, 0.2) is 11.7 Å². The highest BCUT2D eigenvalue weighted by atomic mass is 16.5. The van der Waals surface area contributed by atoms with Crippen LogP contribution in [-0.4, -0.2) is 61.5 Å². The van der Waals surface area contributed by atoms with Crippen molar-refractivity contribution in [3.05, 3.63) is 17.5 Å². The van der Waals surface area contributed by atoms with Gasteiger partial charge in [0, 0.05) is 45.2 Å². The molecule has 0 spiro atoms. The molecule has 0 amide bonds. The van der Waals surface area contributed by atoms with Crippen molar-refractivity contribution in [2.24, 2.45) is 4.99 Å². The Kier molecular flexibility index (Phi) is 9.07. The van der Waals surface area contributed by atoms with Gasteiger partial charge in [-0.25, -0.2) is 0 Å². The van der Waals surface area contributed by atoms with Crippen LogP contribution in [0.4, 0.5) is 0 Å². The average Bonchev–Trinajstić information content (AvgIpc) is 3.10. The summed E-state index contributed by atoms with van der Waals surface area (Å²) in [6.45, 7) is 13.2. The standard InChI is InChI=1S/C20H37N5O2/c1-6-17(7-2)19-11-18(27-24-19)12-23-20(21-5)22-9-8-10-25-13-15(3)26-16(4)14-25/h11,15-17H,6-10,12-14H2,1-5H3,(H2,21,22,23). The third-order valence-electron chi connectivity index (χ3n) is 5.07. The minimum absolute atomic E-state index is 0.322. The molecule has 2 unspecified atom stereocenters. The Morgan fingerprint density at radius 2 is 1.96 bits per heavy atom. The van der Waals surface area contributed by atoms with Crippen molar-refractivity contribution < 1.29 is 9.26 Å². The summed E-state index contributed by atoms with van der Waals surface area (Å²) in [5, 5.41) is 10.9. The summed E-state index contributed by atoms with van der Waals surface area (Å²) >= 11 is 0. The van der Waals surface area contributed by atoms with E-state index in [9.17, 15) is 0 Å². The van der Waals surface area contributed by atoms with Crippen LogP contribution in [0.1, 0.15) is 64.3 Å². The van der Waals surface area contributed by atoms with E-state index in [4.69, 9.17) is 9.26 Å². The van der Waals surface area contributed by atoms with Crippen LogP contribution in [-0.2, 0) is 11.3 Å². The molecule has 2 N–H and O–H groups in total. The Morgan fingerprint density at radius 1 is 1.26 bits per heavy atom. The summed E-state index contributed by atoms with van der Waals surface area (Å²) in [6.07, 6.45) is 3.88. The summed E-state index contributed by atoms with van der Waals surface area (Å²) in [5.74, 6) is 2.11. The molecule has 0 radical (unpaired) electrons. The number of rotatable bonds is 9. The van der Waals surface area contributed by atoms with Crippen molar-refractivity contribution >= 4 is 5.96 Å². The largest absolute Gasteiger partial charge is 0.373 e. The maximum atomic E-state index is 5.78. The predicted molar refractivity (Wildman–Crippen MR) is 109 cm³/mol. The lowest BCUT2D eigenvalue weighted by Gasteiger charge is -2.35. The first-order chi connectivity index (χ1) is 13.0. The fourth-order valence-corrected chi connectivity index (χ4v) is 3.68. The zero-order valence-corrected chi connectivity index (χ0v) is 17.6. The van der Waals surface area contributed by atoms with Crippen LogP contribution in [0, 0.1) is 0 Å². The van der Waals surface area contributed by atoms with Crippen molar-refractivity contribution in [3.63, 3.8) is 0 Å². The molecule has 7 heteroatoms. The normalized spacial score (nSPS) is 21.6. The van der Waals surface area contributed by atoms with E-state index in [1.807, 2.05) is 0 Å². The highest BCUT2D eigenvalue weighted by Gasteiger charge is 2.21. The van der Waals surface area contributed by atoms with Crippen molar-refractivity contribution in [1.82, 2.24) is 20.7 Å². The molecule has 2 rings (SSSR count). The lowest BCUT2D eigenvalue weighted by molar-refractivity contribution is -0.0679. The van der Waals surface area contributed by atoms with E-state index >= 15 is 0 Å². The maximum Gasteiger partial charge on any atom is 0.191 e. The van der Waals surface area contributed by atoms with Gasteiger partial charge < -0.3 is 19.9 Å². The molecule has 0 bridgehead atoms. The highest BCUT2D eigenvalue weighted by molar-refractivity contribution is 5.79. The molecule has 2 atom stereocenters. The molecule has 7 nitrogen and oxygen atoms in total. The number of aromatic nitrogens is 1. The van der Waals surface area contributed by atoms with Gasteiger partial charge in [-0.3, -0.25) is 9.89 Å². The van der Waals surface area contributed by atoms with Crippen LogP contribution in [0.3, 0.4) is 0 Å². The zero-order valence-electron chi connectivity index (χ0n) is 17.6. The van der Waals surface area contributed by atoms with Gasteiger partial charge in [-0.1, -0.05) is 19.0 Å². The lowest BCUT2D eigenvalue weighted by Crippen LogP contribution is -2.46. The minimum Gasteiger partial charge on any atom is -0.373 e. The highest BCUT2D eigenvalue weighted by Crippen LogP contribution is 2.22. The van der Waals surface area contributed by atoms with Gasteiger partial charge in [0.1, 0.15) is 0 Å². The second-order valence-electron chi connectivity index (χ2n) is 7.45. The summed E-state index contributed by atoms with van der Waals surface area (Å²) in [6, 6.07) is 2.05. The minimum atomic E-state index is 0.322. The quantitative estimate of drug-likeness (QED) is 0.390. The van der Waals surface area contributed by atoms with Gasteiger partial charge in [0.2, 0.25) is 0 Å². The molecular formula is C20H37N5O2. The number of guanidine groups is 1. The number of morpholine rings is 1. The summed E-state index contributed by atoms with van der Waals surface area (Å²) < 4.78 is 11.2. The molecule has 1 saturated heterocycles. The Hall–Kier alpha value is -1.60. The molecule has 2 heterocycles. The van der Waals surface area contributed by atoms with E-state index in [0.29, 0.717) is 24.7 Å². The number of nitrogens with one attached hydrogen (secondary N) is 2. The van der Waals surface area contributed by atoms with Gasteiger partial charge in [-0.05, 0) is 33.1 Å². The van der Waals surface area contributed by atoms with E-state index in [1.165, 1.54) is 0 Å². The monoisotopic (exact) mass is 379 g/mol. The van der Waals surface area contributed by atoms with Crippen LogP contribution in [0.2, 0.25) is 0 Å². The number of hydrogen-bond acceptors (Lipinski definition) is 5.